The summed E-state index contributed by atoms with van der Waals surface area (Å²) in [6, 6.07) is -0.279. The van der Waals surface area contributed by atoms with E-state index in [9.17, 15) is 14.7 Å². The number of nitrogens with one attached hydrogen (secondary N) is 1. The van der Waals surface area contributed by atoms with Crippen molar-refractivity contribution >= 4 is 11.9 Å². The van der Waals surface area contributed by atoms with Gasteiger partial charge < -0.3 is 19.9 Å². The van der Waals surface area contributed by atoms with Crippen LogP contribution in [0.4, 0.5) is 0 Å². The molecule has 0 saturated carbocycles. The highest BCUT2D eigenvalue weighted by atomic mass is 16.5. The van der Waals surface area contributed by atoms with Crippen molar-refractivity contribution in [1.82, 2.24) is 5.32 Å². The number of hydrogen-bond donors (Lipinski definition) is 2. The molecule has 0 unspecified atom stereocenters. The maximum absolute atomic E-state index is 11.8. The lowest BCUT2D eigenvalue weighted by Gasteiger charge is -2.26. The van der Waals surface area contributed by atoms with Crippen LogP contribution in [0.3, 0.4) is 0 Å². The fraction of sp³-hybridized carbons (Fsp3) is 0.889. The molecule has 0 fully saturated rings. The first-order valence-corrected chi connectivity index (χ1v) is 9.18. The lowest BCUT2D eigenvalue weighted by molar-refractivity contribution is -0.143. The van der Waals surface area contributed by atoms with Crippen LogP contribution in [0.1, 0.15) is 72.6 Å². The molecule has 6 nitrogen and oxygen atoms in total. The minimum absolute atomic E-state index is 0.0613. The van der Waals surface area contributed by atoms with Gasteiger partial charge in [0.1, 0.15) is 0 Å². The molecule has 2 N–H and O–H groups in total. The Kier molecular flexibility index (Phi) is 13.5. The molecule has 0 radical (unpaired) electrons. The molecule has 0 rings (SSSR count). The molecular weight excluding hydrogens is 310 g/mol. The summed E-state index contributed by atoms with van der Waals surface area (Å²) in [5.74, 6) is -0.530. The fourth-order valence-corrected chi connectivity index (χ4v) is 2.68. The van der Waals surface area contributed by atoms with E-state index < -0.39 is 6.10 Å². The Morgan fingerprint density at radius 1 is 0.958 bits per heavy atom. The molecule has 0 aliphatic rings. The highest BCUT2D eigenvalue weighted by molar-refractivity contribution is 5.71. The standard InChI is InChI=1S/C18H35NO5/c1-5-8-9-10-15(12-17(21)23-6-2)19-16(11-14(4)20)13-18(22)24-7-3/h14-16,19-20H,5-13H2,1-4H3/t14-,15-,16-/m0/s1. The van der Waals surface area contributed by atoms with E-state index in [0.717, 1.165) is 25.7 Å². The van der Waals surface area contributed by atoms with Gasteiger partial charge in [-0.2, -0.15) is 0 Å². The van der Waals surface area contributed by atoms with Crippen molar-refractivity contribution in [2.24, 2.45) is 0 Å². The molecule has 0 aromatic heterocycles. The van der Waals surface area contributed by atoms with Gasteiger partial charge in [-0.25, -0.2) is 0 Å². The molecule has 0 spiro atoms. The Hall–Kier alpha value is -1.14. The summed E-state index contributed by atoms with van der Waals surface area (Å²) in [7, 11) is 0. The van der Waals surface area contributed by atoms with Gasteiger partial charge in [0.05, 0.1) is 32.2 Å². The zero-order chi connectivity index (χ0) is 18.4. The molecule has 0 bridgehead atoms. The second kappa shape index (κ2) is 14.2. The van der Waals surface area contributed by atoms with Crippen molar-refractivity contribution < 1.29 is 24.2 Å². The first kappa shape index (κ1) is 22.9. The highest BCUT2D eigenvalue weighted by Gasteiger charge is 2.22. The van der Waals surface area contributed by atoms with Crippen molar-refractivity contribution in [3.63, 3.8) is 0 Å². The Bertz CT molecular complexity index is 346. The van der Waals surface area contributed by atoms with E-state index in [4.69, 9.17) is 9.47 Å². The summed E-state index contributed by atoms with van der Waals surface area (Å²) in [5.41, 5.74) is 0. The van der Waals surface area contributed by atoms with Crippen LogP contribution in [0.15, 0.2) is 0 Å². The second-order valence-corrected chi connectivity index (χ2v) is 6.16. The number of carbonyl (C=O) groups excluding carboxylic acids is 2. The molecule has 0 aromatic carbocycles. The number of aliphatic hydroxyl groups is 1. The monoisotopic (exact) mass is 345 g/mol. The molecule has 142 valence electrons. The molecule has 0 aromatic rings. The molecule has 24 heavy (non-hydrogen) atoms. The Morgan fingerprint density at radius 2 is 1.50 bits per heavy atom. The lowest BCUT2D eigenvalue weighted by atomic mass is 10.0. The van der Waals surface area contributed by atoms with Crippen molar-refractivity contribution in [3.05, 3.63) is 0 Å². The van der Waals surface area contributed by atoms with E-state index >= 15 is 0 Å². The van der Waals surface area contributed by atoms with Crippen LogP contribution < -0.4 is 5.32 Å². The van der Waals surface area contributed by atoms with Crippen LogP contribution in [-0.4, -0.2) is 48.4 Å². The molecule has 0 saturated heterocycles. The summed E-state index contributed by atoms with van der Waals surface area (Å²) in [6.07, 6.45) is 4.41. The molecule has 0 aliphatic heterocycles. The Labute approximate surface area is 146 Å². The average molecular weight is 345 g/mol. The summed E-state index contributed by atoms with van der Waals surface area (Å²) >= 11 is 0. The number of unbranched alkanes of at least 4 members (excludes halogenated alkanes) is 2. The first-order chi connectivity index (χ1) is 11.4. The van der Waals surface area contributed by atoms with Gasteiger partial charge in [0.15, 0.2) is 0 Å². The number of carbonyl (C=O) groups is 2. The normalized spacial score (nSPS) is 14.7. The topological polar surface area (TPSA) is 84.9 Å². The minimum Gasteiger partial charge on any atom is -0.466 e. The number of aliphatic hydroxyl groups excluding tert-OH is 1. The van der Waals surface area contributed by atoms with Gasteiger partial charge in [-0.1, -0.05) is 26.2 Å². The third-order valence-electron chi connectivity index (χ3n) is 3.69. The van der Waals surface area contributed by atoms with E-state index in [-0.39, 0.29) is 36.9 Å². The van der Waals surface area contributed by atoms with Gasteiger partial charge in [0, 0.05) is 12.1 Å². The maximum Gasteiger partial charge on any atom is 0.307 e. The van der Waals surface area contributed by atoms with E-state index in [1.165, 1.54) is 0 Å². The zero-order valence-corrected chi connectivity index (χ0v) is 15.7. The van der Waals surface area contributed by atoms with E-state index in [0.29, 0.717) is 19.6 Å². The summed E-state index contributed by atoms with van der Waals surface area (Å²) < 4.78 is 10.0. The lowest BCUT2D eigenvalue weighted by Crippen LogP contribution is -2.42. The molecular formula is C18H35NO5. The zero-order valence-electron chi connectivity index (χ0n) is 15.7. The van der Waals surface area contributed by atoms with Gasteiger partial charge in [0.25, 0.3) is 0 Å². The molecule has 0 heterocycles. The number of rotatable bonds is 14. The van der Waals surface area contributed by atoms with Gasteiger partial charge in [-0.3, -0.25) is 9.59 Å². The largest absolute Gasteiger partial charge is 0.466 e. The van der Waals surface area contributed by atoms with Gasteiger partial charge in [0.2, 0.25) is 0 Å². The van der Waals surface area contributed by atoms with Crippen molar-refractivity contribution in [2.45, 2.75) is 90.8 Å². The molecule has 6 heteroatoms. The van der Waals surface area contributed by atoms with Crippen LogP contribution in [0.2, 0.25) is 0 Å². The van der Waals surface area contributed by atoms with Crippen LogP contribution in [0.25, 0.3) is 0 Å². The first-order valence-electron chi connectivity index (χ1n) is 9.18. The van der Waals surface area contributed by atoms with Crippen molar-refractivity contribution in [2.75, 3.05) is 13.2 Å². The Balaban J connectivity index is 4.75. The van der Waals surface area contributed by atoms with Gasteiger partial charge in [-0.15, -0.1) is 0 Å². The Morgan fingerprint density at radius 3 is 1.96 bits per heavy atom. The average Bonchev–Trinajstić information content (AvgIpc) is 2.46. The van der Waals surface area contributed by atoms with E-state index in [1.807, 2.05) is 0 Å². The molecule has 3 atom stereocenters. The SMILES string of the molecule is CCCCC[C@@H](CC(=O)OCC)N[C@H](CC(=O)OCC)C[C@H](C)O. The van der Waals surface area contributed by atoms with Crippen LogP contribution in [0.5, 0.6) is 0 Å². The fourth-order valence-electron chi connectivity index (χ4n) is 2.68. The quantitative estimate of drug-likeness (QED) is 0.372. The predicted octanol–water partition coefficient (Wildman–Crippen LogP) is 2.57. The van der Waals surface area contributed by atoms with E-state index in [2.05, 4.69) is 12.2 Å². The molecule has 0 amide bonds. The predicted molar refractivity (Wildman–Crippen MR) is 93.7 cm³/mol. The smallest absolute Gasteiger partial charge is 0.307 e. The van der Waals surface area contributed by atoms with Crippen molar-refractivity contribution in [1.29, 1.82) is 0 Å². The number of hydrogen-bond acceptors (Lipinski definition) is 6. The van der Waals surface area contributed by atoms with Crippen LogP contribution in [-0.2, 0) is 19.1 Å². The summed E-state index contributed by atoms with van der Waals surface area (Å²) in [5, 5.41) is 13.0. The third-order valence-corrected chi connectivity index (χ3v) is 3.69. The minimum atomic E-state index is -0.532. The van der Waals surface area contributed by atoms with E-state index in [1.54, 1.807) is 20.8 Å². The maximum atomic E-state index is 11.8. The van der Waals surface area contributed by atoms with Crippen LogP contribution in [0, 0.1) is 0 Å². The summed E-state index contributed by atoms with van der Waals surface area (Å²) in [4.78, 5) is 23.6. The van der Waals surface area contributed by atoms with Crippen molar-refractivity contribution in [3.8, 4) is 0 Å². The summed E-state index contributed by atoms with van der Waals surface area (Å²) in [6.45, 7) is 8.07. The van der Waals surface area contributed by atoms with Gasteiger partial charge in [-0.05, 0) is 33.6 Å². The molecule has 0 aliphatic carbocycles. The second-order valence-electron chi connectivity index (χ2n) is 6.16. The number of ether oxygens (including phenoxy) is 2. The van der Waals surface area contributed by atoms with Gasteiger partial charge >= 0.3 is 11.9 Å². The highest BCUT2D eigenvalue weighted by Crippen LogP contribution is 2.12. The third kappa shape index (κ3) is 12.3. The van der Waals surface area contributed by atoms with Crippen LogP contribution >= 0.6 is 0 Å². The number of esters is 2.